The van der Waals surface area contributed by atoms with E-state index in [9.17, 15) is 0 Å². The third-order valence-electron chi connectivity index (χ3n) is 2.63. The predicted molar refractivity (Wildman–Crippen MR) is 61.6 cm³/mol. The first-order chi connectivity index (χ1) is 7.83. The zero-order valence-corrected chi connectivity index (χ0v) is 9.01. The zero-order valence-electron chi connectivity index (χ0n) is 9.01. The van der Waals surface area contributed by atoms with Gasteiger partial charge in [0.15, 0.2) is 11.5 Å². The lowest BCUT2D eigenvalue weighted by Crippen LogP contribution is -2.07. The van der Waals surface area contributed by atoms with Crippen LogP contribution in [0.2, 0.25) is 0 Å². The highest BCUT2D eigenvalue weighted by atomic mass is 16.7. The van der Waals surface area contributed by atoms with Gasteiger partial charge in [-0.25, -0.2) is 0 Å². The molecule has 3 rings (SSSR count). The Morgan fingerprint density at radius 2 is 1.56 bits per heavy atom. The summed E-state index contributed by atoms with van der Waals surface area (Å²) in [6, 6.07) is 15.9. The summed E-state index contributed by atoms with van der Waals surface area (Å²) in [5.74, 6) is 1.63. The normalized spacial score (nSPS) is 14.1. The summed E-state index contributed by atoms with van der Waals surface area (Å²) in [4.78, 5) is 0. The van der Waals surface area contributed by atoms with Crippen molar-refractivity contribution >= 4 is 0 Å². The van der Waals surface area contributed by atoms with Crippen LogP contribution < -0.4 is 9.47 Å². The van der Waals surface area contributed by atoms with Crippen molar-refractivity contribution in [1.82, 2.24) is 0 Å². The molecule has 0 saturated carbocycles. The predicted octanol–water partition coefficient (Wildman–Crippen LogP) is 3.47. The van der Waals surface area contributed by atoms with E-state index in [1.54, 1.807) is 0 Å². The van der Waals surface area contributed by atoms with Crippen molar-refractivity contribution in [2.75, 3.05) is 0 Å². The van der Waals surface area contributed by atoms with Crippen molar-refractivity contribution < 1.29 is 9.47 Å². The van der Waals surface area contributed by atoms with Gasteiger partial charge in [-0.3, -0.25) is 0 Å². The molecular weight excluding hydrogens is 200 g/mol. The summed E-state index contributed by atoms with van der Waals surface area (Å²) in [5.41, 5.74) is 2.26. The van der Waals surface area contributed by atoms with E-state index in [0.717, 1.165) is 17.1 Å². The van der Waals surface area contributed by atoms with Crippen molar-refractivity contribution in [3.05, 3.63) is 59.7 Å². The second kappa shape index (κ2) is 3.56. The van der Waals surface area contributed by atoms with Crippen LogP contribution >= 0.6 is 0 Å². The van der Waals surface area contributed by atoms with Gasteiger partial charge < -0.3 is 9.47 Å². The molecule has 0 N–H and O–H groups in total. The molecule has 1 aliphatic rings. The molecule has 0 fully saturated rings. The molecule has 0 atom stereocenters. The molecule has 0 unspecified atom stereocenters. The van der Waals surface area contributed by atoms with Gasteiger partial charge in [0.05, 0.1) is 0 Å². The second-order valence-electron chi connectivity index (χ2n) is 3.93. The van der Waals surface area contributed by atoms with Crippen LogP contribution in [0.1, 0.15) is 17.4 Å². The van der Waals surface area contributed by atoms with Gasteiger partial charge in [0.1, 0.15) is 0 Å². The Hall–Kier alpha value is -1.96. The van der Waals surface area contributed by atoms with Gasteiger partial charge in [0.2, 0.25) is 0 Å². The van der Waals surface area contributed by atoms with Crippen molar-refractivity contribution in [3.8, 4) is 11.5 Å². The lowest BCUT2D eigenvalue weighted by molar-refractivity contribution is 0.0487. The minimum atomic E-state index is -0.308. The van der Waals surface area contributed by atoms with Crippen LogP contribution in [-0.2, 0) is 0 Å². The fourth-order valence-corrected chi connectivity index (χ4v) is 1.85. The first-order valence-electron chi connectivity index (χ1n) is 5.32. The minimum Gasteiger partial charge on any atom is -0.447 e. The third-order valence-corrected chi connectivity index (χ3v) is 2.63. The summed E-state index contributed by atoms with van der Waals surface area (Å²) >= 11 is 0. The highest BCUT2D eigenvalue weighted by Gasteiger charge is 2.24. The number of hydrogen-bond acceptors (Lipinski definition) is 2. The zero-order chi connectivity index (χ0) is 11.0. The molecule has 2 aromatic rings. The topological polar surface area (TPSA) is 18.5 Å². The smallest absolute Gasteiger partial charge is 0.267 e. The summed E-state index contributed by atoms with van der Waals surface area (Å²) < 4.78 is 11.5. The molecule has 16 heavy (non-hydrogen) atoms. The largest absolute Gasteiger partial charge is 0.447 e. The number of fused-ring (bicyclic) bond motifs is 1. The fraction of sp³-hybridized carbons (Fsp3) is 0.143. The lowest BCUT2D eigenvalue weighted by atomic mass is 10.1. The average Bonchev–Trinajstić information content (AvgIpc) is 2.72. The Bertz CT molecular complexity index is 495. The Balaban J connectivity index is 1.91. The van der Waals surface area contributed by atoms with Gasteiger partial charge >= 0.3 is 0 Å². The molecule has 2 heteroatoms. The molecule has 0 amide bonds. The molecular formula is C14H12O2. The lowest BCUT2D eigenvalue weighted by Gasteiger charge is -2.10. The first-order valence-corrected chi connectivity index (χ1v) is 5.32. The maximum atomic E-state index is 5.73. The number of ether oxygens (including phenoxy) is 2. The van der Waals surface area contributed by atoms with Crippen molar-refractivity contribution in [3.63, 3.8) is 0 Å². The number of hydrogen-bond donors (Lipinski definition) is 0. The number of benzene rings is 2. The molecule has 0 bridgehead atoms. The van der Waals surface area contributed by atoms with E-state index in [4.69, 9.17) is 9.47 Å². The van der Waals surface area contributed by atoms with E-state index in [1.807, 2.05) is 36.4 Å². The van der Waals surface area contributed by atoms with Gasteiger partial charge in [0.25, 0.3) is 6.29 Å². The monoisotopic (exact) mass is 212 g/mol. The van der Waals surface area contributed by atoms with E-state index >= 15 is 0 Å². The van der Waals surface area contributed by atoms with Crippen LogP contribution in [-0.4, -0.2) is 0 Å². The van der Waals surface area contributed by atoms with Crippen LogP contribution in [0, 0.1) is 6.92 Å². The van der Waals surface area contributed by atoms with Crippen LogP contribution in [0.5, 0.6) is 11.5 Å². The number of para-hydroxylation sites is 2. The third kappa shape index (κ3) is 1.52. The van der Waals surface area contributed by atoms with Crippen LogP contribution in [0.15, 0.2) is 48.5 Å². The number of aryl methyl sites for hydroxylation is 1. The average molecular weight is 212 g/mol. The van der Waals surface area contributed by atoms with Gasteiger partial charge in [-0.2, -0.15) is 0 Å². The fourth-order valence-electron chi connectivity index (χ4n) is 1.85. The van der Waals surface area contributed by atoms with Gasteiger partial charge in [-0.1, -0.05) is 35.9 Å². The van der Waals surface area contributed by atoms with Gasteiger partial charge in [-0.05, 0) is 25.1 Å². The van der Waals surface area contributed by atoms with E-state index in [-0.39, 0.29) is 6.29 Å². The SMILES string of the molecule is Cc1cccc(C2Oc3ccccc3O2)c1. The molecule has 2 nitrogen and oxygen atoms in total. The van der Waals surface area contributed by atoms with Crippen LogP contribution in [0.4, 0.5) is 0 Å². The van der Waals surface area contributed by atoms with E-state index < -0.39 is 0 Å². The quantitative estimate of drug-likeness (QED) is 0.720. The first kappa shape index (κ1) is 9.28. The van der Waals surface area contributed by atoms with Crippen molar-refractivity contribution in [2.24, 2.45) is 0 Å². The molecule has 1 aliphatic heterocycles. The highest BCUT2D eigenvalue weighted by molar-refractivity contribution is 5.43. The van der Waals surface area contributed by atoms with E-state index in [1.165, 1.54) is 5.56 Å². The molecule has 0 saturated heterocycles. The highest BCUT2D eigenvalue weighted by Crippen LogP contribution is 2.39. The Labute approximate surface area is 94.4 Å². The van der Waals surface area contributed by atoms with Crippen LogP contribution in [0.25, 0.3) is 0 Å². The van der Waals surface area contributed by atoms with E-state index in [0.29, 0.717) is 0 Å². The summed E-state index contributed by atoms with van der Waals surface area (Å²) in [6.45, 7) is 2.06. The summed E-state index contributed by atoms with van der Waals surface area (Å²) in [5, 5.41) is 0. The summed E-state index contributed by atoms with van der Waals surface area (Å²) in [7, 11) is 0. The second-order valence-corrected chi connectivity index (χ2v) is 3.93. The Kier molecular flexibility index (Phi) is 2.07. The van der Waals surface area contributed by atoms with Crippen molar-refractivity contribution in [2.45, 2.75) is 13.2 Å². The Morgan fingerprint density at radius 1 is 0.875 bits per heavy atom. The summed E-state index contributed by atoms with van der Waals surface area (Å²) in [6.07, 6.45) is -0.308. The van der Waals surface area contributed by atoms with Crippen molar-refractivity contribution in [1.29, 1.82) is 0 Å². The van der Waals surface area contributed by atoms with E-state index in [2.05, 4.69) is 19.1 Å². The molecule has 0 spiro atoms. The molecule has 0 radical (unpaired) electrons. The van der Waals surface area contributed by atoms with Gasteiger partial charge in [-0.15, -0.1) is 0 Å². The molecule has 1 heterocycles. The maximum Gasteiger partial charge on any atom is 0.267 e. The molecule has 0 aliphatic carbocycles. The molecule has 2 aromatic carbocycles. The Morgan fingerprint density at radius 3 is 2.19 bits per heavy atom. The standard InChI is InChI=1S/C14H12O2/c1-10-5-4-6-11(9-10)14-15-12-7-2-3-8-13(12)16-14/h2-9,14H,1H3. The molecule has 80 valence electrons. The van der Waals surface area contributed by atoms with Gasteiger partial charge in [0, 0.05) is 5.56 Å². The number of rotatable bonds is 1. The minimum absolute atomic E-state index is 0.308. The maximum absolute atomic E-state index is 5.73. The van der Waals surface area contributed by atoms with Crippen LogP contribution in [0.3, 0.4) is 0 Å². The molecule has 0 aromatic heterocycles.